The highest BCUT2D eigenvalue weighted by Gasteiger charge is 2.23. The molecule has 0 aromatic carbocycles. The number of aromatic nitrogens is 1. The lowest BCUT2D eigenvalue weighted by atomic mass is 10.1. The van der Waals surface area contributed by atoms with E-state index in [9.17, 15) is 14.9 Å². The fourth-order valence-corrected chi connectivity index (χ4v) is 2.44. The normalized spacial score (nSPS) is 19.0. The van der Waals surface area contributed by atoms with Gasteiger partial charge in [-0.25, -0.2) is 0 Å². The van der Waals surface area contributed by atoms with Crippen LogP contribution >= 0.6 is 0 Å². The highest BCUT2D eigenvalue weighted by Crippen LogP contribution is 2.21. The third kappa shape index (κ3) is 3.30. The number of nitrogens with zero attached hydrogens (tertiary/aromatic N) is 3. The molecular weight excluding hydrogens is 260 g/mol. The molecular formula is C13H18N4O3. The van der Waals surface area contributed by atoms with Crippen LogP contribution in [-0.4, -0.2) is 40.3 Å². The summed E-state index contributed by atoms with van der Waals surface area (Å²) in [6.45, 7) is 2.58. The molecule has 0 radical (unpaired) electrons. The number of aryl methyl sites for hydroxylation is 1. The Morgan fingerprint density at radius 3 is 3.00 bits per heavy atom. The van der Waals surface area contributed by atoms with Crippen LogP contribution in [0.25, 0.3) is 0 Å². The predicted molar refractivity (Wildman–Crippen MR) is 74.5 cm³/mol. The first-order valence-electron chi connectivity index (χ1n) is 6.58. The predicted octanol–water partition coefficient (Wildman–Crippen LogP) is 1.72. The van der Waals surface area contributed by atoms with Crippen LogP contribution in [0.15, 0.2) is 12.3 Å². The molecule has 7 nitrogen and oxygen atoms in total. The molecule has 1 atom stereocenters. The van der Waals surface area contributed by atoms with E-state index in [0.29, 0.717) is 17.8 Å². The van der Waals surface area contributed by atoms with E-state index in [2.05, 4.69) is 15.2 Å². The SMILES string of the molecule is Cc1ncc(NC(=O)CC2CCCN2C)cc1[N+](=O)[O-]. The summed E-state index contributed by atoms with van der Waals surface area (Å²) < 4.78 is 0. The molecule has 108 valence electrons. The zero-order chi connectivity index (χ0) is 14.7. The van der Waals surface area contributed by atoms with Gasteiger partial charge in [-0.1, -0.05) is 0 Å². The van der Waals surface area contributed by atoms with E-state index in [0.717, 1.165) is 19.4 Å². The average molecular weight is 278 g/mol. The third-order valence-electron chi connectivity index (χ3n) is 3.63. The molecule has 1 fully saturated rings. The fourth-order valence-electron chi connectivity index (χ4n) is 2.44. The highest BCUT2D eigenvalue weighted by molar-refractivity contribution is 5.91. The first-order valence-corrected chi connectivity index (χ1v) is 6.58. The molecule has 0 bridgehead atoms. The first-order chi connectivity index (χ1) is 9.47. The van der Waals surface area contributed by atoms with Crippen LogP contribution < -0.4 is 5.32 Å². The molecule has 2 rings (SSSR count). The van der Waals surface area contributed by atoms with E-state index in [1.54, 1.807) is 6.92 Å². The minimum atomic E-state index is -0.497. The van der Waals surface area contributed by atoms with Crippen molar-refractivity contribution in [3.8, 4) is 0 Å². The third-order valence-corrected chi connectivity index (χ3v) is 3.63. The van der Waals surface area contributed by atoms with Crippen molar-refractivity contribution in [1.82, 2.24) is 9.88 Å². The van der Waals surface area contributed by atoms with Gasteiger partial charge in [-0.05, 0) is 33.4 Å². The topological polar surface area (TPSA) is 88.4 Å². The van der Waals surface area contributed by atoms with E-state index in [1.165, 1.54) is 12.3 Å². The first kappa shape index (κ1) is 14.4. The standard InChI is InChI=1S/C13H18N4O3/c1-9-12(17(19)20)6-10(8-14-9)15-13(18)7-11-4-3-5-16(11)2/h6,8,11H,3-5,7H2,1-2H3,(H,15,18). The van der Waals surface area contributed by atoms with E-state index in [4.69, 9.17) is 0 Å². The number of anilines is 1. The molecule has 0 saturated carbocycles. The van der Waals surface area contributed by atoms with Gasteiger partial charge in [0, 0.05) is 18.5 Å². The number of carbonyl (C=O) groups is 1. The average Bonchev–Trinajstić information content (AvgIpc) is 2.77. The summed E-state index contributed by atoms with van der Waals surface area (Å²) in [4.78, 5) is 28.4. The lowest BCUT2D eigenvalue weighted by molar-refractivity contribution is -0.385. The fraction of sp³-hybridized carbons (Fsp3) is 0.538. The van der Waals surface area contributed by atoms with E-state index >= 15 is 0 Å². The van der Waals surface area contributed by atoms with E-state index < -0.39 is 4.92 Å². The quantitative estimate of drug-likeness (QED) is 0.669. The van der Waals surface area contributed by atoms with Gasteiger partial charge in [-0.2, -0.15) is 0 Å². The van der Waals surface area contributed by atoms with Crippen molar-refractivity contribution in [1.29, 1.82) is 0 Å². The summed E-state index contributed by atoms with van der Waals surface area (Å²) in [7, 11) is 2.00. The Kier molecular flexibility index (Phi) is 4.29. The van der Waals surface area contributed by atoms with Gasteiger partial charge >= 0.3 is 0 Å². The van der Waals surface area contributed by atoms with E-state index in [1.807, 2.05) is 7.05 Å². The summed E-state index contributed by atoms with van der Waals surface area (Å²) in [6.07, 6.45) is 3.96. The molecule has 0 spiro atoms. The van der Waals surface area contributed by atoms with Crippen LogP contribution in [0.3, 0.4) is 0 Å². The molecule has 1 aromatic rings. The lowest BCUT2D eigenvalue weighted by Gasteiger charge is -2.18. The van der Waals surface area contributed by atoms with Crippen molar-refractivity contribution in [3.63, 3.8) is 0 Å². The summed E-state index contributed by atoms with van der Waals surface area (Å²) in [5, 5.41) is 13.5. The van der Waals surface area contributed by atoms with Gasteiger partial charge in [-0.3, -0.25) is 19.9 Å². The molecule has 0 aliphatic carbocycles. The summed E-state index contributed by atoms with van der Waals surface area (Å²) in [5.41, 5.74) is 0.622. The monoisotopic (exact) mass is 278 g/mol. The van der Waals surface area contributed by atoms with Gasteiger partial charge in [0.25, 0.3) is 5.69 Å². The lowest BCUT2D eigenvalue weighted by Crippen LogP contribution is -2.29. The van der Waals surface area contributed by atoms with Crippen LogP contribution in [0, 0.1) is 17.0 Å². The number of carbonyl (C=O) groups excluding carboxylic acids is 1. The second-order valence-corrected chi connectivity index (χ2v) is 5.11. The number of likely N-dealkylation sites (tertiary alicyclic amines) is 1. The van der Waals surface area contributed by atoms with Gasteiger partial charge in [-0.15, -0.1) is 0 Å². The molecule has 7 heteroatoms. The van der Waals surface area contributed by atoms with Gasteiger partial charge in [0.2, 0.25) is 5.91 Å². The van der Waals surface area contributed by atoms with Crippen LogP contribution in [-0.2, 0) is 4.79 Å². The number of hydrogen-bond donors (Lipinski definition) is 1. The molecule has 1 aliphatic rings. The number of hydrogen-bond acceptors (Lipinski definition) is 5. The van der Waals surface area contributed by atoms with Gasteiger partial charge < -0.3 is 10.2 Å². The Labute approximate surface area is 117 Å². The molecule has 20 heavy (non-hydrogen) atoms. The Bertz CT molecular complexity index is 532. The van der Waals surface area contributed by atoms with Crippen LogP contribution in [0.5, 0.6) is 0 Å². The molecule has 1 N–H and O–H groups in total. The Hall–Kier alpha value is -2.02. The number of amides is 1. The summed E-state index contributed by atoms with van der Waals surface area (Å²) in [5.74, 6) is -0.135. The largest absolute Gasteiger partial charge is 0.324 e. The Morgan fingerprint density at radius 1 is 1.65 bits per heavy atom. The van der Waals surface area contributed by atoms with Crippen molar-refractivity contribution in [2.24, 2.45) is 0 Å². The van der Waals surface area contributed by atoms with E-state index in [-0.39, 0.29) is 17.6 Å². The maximum atomic E-state index is 11.9. The van der Waals surface area contributed by atoms with Crippen molar-refractivity contribution >= 4 is 17.3 Å². The Morgan fingerprint density at radius 2 is 2.40 bits per heavy atom. The molecule has 1 aliphatic heterocycles. The van der Waals surface area contributed by atoms with Crippen molar-refractivity contribution in [3.05, 3.63) is 28.1 Å². The summed E-state index contributed by atoms with van der Waals surface area (Å²) in [6, 6.07) is 1.60. The van der Waals surface area contributed by atoms with Crippen molar-refractivity contribution in [2.45, 2.75) is 32.2 Å². The van der Waals surface area contributed by atoms with Gasteiger partial charge in [0.05, 0.1) is 16.8 Å². The zero-order valence-corrected chi connectivity index (χ0v) is 11.6. The van der Waals surface area contributed by atoms with Crippen LogP contribution in [0.2, 0.25) is 0 Å². The number of nitro groups is 1. The van der Waals surface area contributed by atoms with Crippen LogP contribution in [0.4, 0.5) is 11.4 Å². The molecule has 2 heterocycles. The molecule has 1 saturated heterocycles. The van der Waals surface area contributed by atoms with Gasteiger partial charge in [0.1, 0.15) is 5.69 Å². The maximum Gasteiger partial charge on any atom is 0.292 e. The molecule has 1 amide bonds. The number of rotatable bonds is 4. The van der Waals surface area contributed by atoms with Crippen LogP contribution in [0.1, 0.15) is 25.0 Å². The van der Waals surface area contributed by atoms with Gasteiger partial charge in [0.15, 0.2) is 0 Å². The summed E-state index contributed by atoms with van der Waals surface area (Å²) >= 11 is 0. The molecule has 1 aromatic heterocycles. The Balaban J connectivity index is 2.00. The zero-order valence-electron chi connectivity index (χ0n) is 11.6. The number of nitrogens with one attached hydrogen (secondary N) is 1. The maximum absolute atomic E-state index is 11.9. The smallest absolute Gasteiger partial charge is 0.292 e. The second-order valence-electron chi connectivity index (χ2n) is 5.11. The van der Waals surface area contributed by atoms with Crippen molar-refractivity contribution in [2.75, 3.05) is 18.9 Å². The minimum absolute atomic E-state index is 0.0826. The molecule has 1 unspecified atom stereocenters. The minimum Gasteiger partial charge on any atom is -0.324 e. The number of pyridine rings is 1. The second kappa shape index (κ2) is 5.96. The highest BCUT2D eigenvalue weighted by atomic mass is 16.6. The van der Waals surface area contributed by atoms with Crippen molar-refractivity contribution < 1.29 is 9.72 Å².